The molecule has 0 aliphatic heterocycles. The number of carbonyl (C=O) groups is 1. The Morgan fingerprint density at radius 1 is 1.65 bits per heavy atom. The van der Waals surface area contributed by atoms with Crippen molar-refractivity contribution in [3.63, 3.8) is 0 Å². The van der Waals surface area contributed by atoms with Crippen molar-refractivity contribution >= 4 is 34.8 Å². The maximum atomic E-state index is 11.7. The van der Waals surface area contributed by atoms with E-state index in [0.29, 0.717) is 12.5 Å². The summed E-state index contributed by atoms with van der Waals surface area (Å²) < 4.78 is 0. The van der Waals surface area contributed by atoms with Crippen molar-refractivity contribution in [1.29, 1.82) is 0 Å². The van der Waals surface area contributed by atoms with Crippen LogP contribution in [-0.4, -0.2) is 24.5 Å². The number of hydrogen-bond acceptors (Lipinski definition) is 4. The van der Waals surface area contributed by atoms with E-state index in [2.05, 4.69) is 21.0 Å². The van der Waals surface area contributed by atoms with Gasteiger partial charge in [-0.1, -0.05) is 6.92 Å². The number of nitrogens with one attached hydrogen (secondary N) is 2. The fourth-order valence-corrected chi connectivity index (χ4v) is 2.33. The third kappa shape index (κ3) is 3.94. The molecule has 2 rings (SSSR count). The van der Waals surface area contributed by atoms with Gasteiger partial charge >= 0.3 is 0 Å². The molecule has 1 aliphatic rings. The second-order valence-electron chi connectivity index (χ2n) is 4.30. The SMILES string of the molecule is CNCC(C)C(=O)Nc1nc(C2CC2)cs1.Cl. The number of amides is 1. The van der Waals surface area contributed by atoms with Crippen LogP contribution in [0.3, 0.4) is 0 Å². The van der Waals surface area contributed by atoms with E-state index in [-0.39, 0.29) is 24.2 Å². The smallest absolute Gasteiger partial charge is 0.230 e. The first-order valence-corrected chi connectivity index (χ1v) is 6.49. The van der Waals surface area contributed by atoms with Crippen molar-refractivity contribution in [2.45, 2.75) is 25.7 Å². The lowest BCUT2D eigenvalue weighted by atomic mass is 10.2. The van der Waals surface area contributed by atoms with Crippen LogP contribution in [-0.2, 0) is 4.79 Å². The van der Waals surface area contributed by atoms with Crippen LogP contribution in [0.15, 0.2) is 5.38 Å². The first kappa shape index (κ1) is 14.4. The molecule has 0 saturated heterocycles. The minimum Gasteiger partial charge on any atom is -0.319 e. The first-order chi connectivity index (χ1) is 7.70. The lowest BCUT2D eigenvalue weighted by Gasteiger charge is -2.09. The minimum atomic E-state index is -0.0294. The van der Waals surface area contributed by atoms with Crippen LogP contribution < -0.4 is 10.6 Å². The Morgan fingerprint density at radius 3 is 2.94 bits per heavy atom. The van der Waals surface area contributed by atoms with Gasteiger partial charge in [0.1, 0.15) is 0 Å². The standard InChI is InChI=1S/C11H17N3OS.ClH/c1-7(5-12-2)10(15)14-11-13-9(6-16-11)8-3-4-8;/h6-8,12H,3-5H2,1-2H3,(H,13,14,15);1H. The lowest BCUT2D eigenvalue weighted by Crippen LogP contribution is -2.28. The van der Waals surface area contributed by atoms with Gasteiger partial charge in [-0.3, -0.25) is 4.79 Å². The summed E-state index contributed by atoms with van der Waals surface area (Å²) in [6.07, 6.45) is 2.49. The maximum absolute atomic E-state index is 11.7. The molecule has 96 valence electrons. The van der Waals surface area contributed by atoms with E-state index in [0.717, 1.165) is 10.8 Å². The number of hydrogen-bond donors (Lipinski definition) is 2. The zero-order valence-corrected chi connectivity index (χ0v) is 11.7. The summed E-state index contributed by atoms with van der Waals surface area (Å²) in [5.41, 5.74) is 1.14. The number of rotatable bonds is 5. The lowest BCUT2D eigenvalue weighted by molar-refractivity contribution is -0.119. The van der Waals surface area contributed by atoms with Crippen molar-refractivity contribution in [2.75, 3.05) is 18.9 Å². The summed E-state index contributed by atoms with van der Waals surface area (Å²) in [5, 5.41) is 8.63. The Kier molecular flexibility index (Phi) is 5.36. The molecule has 0 aromatic carbocycles. The first-order valence-electron chi connectivity index (χ1n) is 5.61. The fraction of sp³-hybridized carbons (Fsp3) is 0.636. The van der Waals surface area contributed by atoms with Gasteiger partial charge in [0, 0.05) is 23.8 Å². The van der Waals surface area contributed by atoms with E-state index in [1.807, 2.05) is 14.0 Å². The molecule has 1 amide bonds. The van der Waals surface area contributed by atoms with Gasteiger partial charge in [0.15, 0.2) is 5.13 Å². The van der Waals surface area contributed by atoms with Crippen LogP contribution in [0.25, 0.3) is 0 Å². The van der Waals surface area contributed by atoms with Gasteiger partial charge in [-0.05, 0) is 19.9 Å². The quantitative estimate of drug-likeness (QED) is 0.867. The molecule has 1 saturated carbocycles. The molecule has 1 unspecified atom stereocenters. The number of anilines is 1. The molecule has 2 N–H and O–H groups in total. The van der Waals surface area contributed by atoms with E-state index < -0.39 is 0 Å². The van der Waals surface area contributed by atoms with Crippen LogP contribution in [0.1, 0.15) is 31.4 Å². The molecule has 1 aliphatic carbocycles. The van der Waals surface area contributed by atoms with Gasteiger partial charge in [-0.2, -0.15) is 0 Å². The molecular formula is C11H18ClN3OS. The third-order valence-electron chi connectivity index (χ3n) is 2.71. The molecule has 4 nitrogen and oxygen atoms in total. The third-order valence-corrected chi connectivity index (χ3v) is 3.48. The predicted molar refractivity (Wildman–Crippen MR) is 73.1 cm³/mol. The zero-order chi connectivity index (χ0) is 11.5. The van der Waals surface area contributed by atoms with Crippen LogP contribution in [0, 0.1) is 5.92 Å². The van der Waals surface area contributed by atoms with Crippen molar-refractivity contribution in [3.8, 4) is 0 Å². The Hall–Kier alpha value is -0.650. The summed E-state index contributed by atoms with van der Waals surface area (Å²) in [6.45, 7) is 2.59. The summed E-state index contributed by atoms with van der Waals surface area (Å²) in [4.78, 5) is 16.1. The molecule has 1 fully saturated rings. The molecule has 0 spiro atoms. The van der Waals surface area contributed by atoms with Gasteiger partial charge in [0.05, 0.1) is 5.69 Å². The van der Waals surface area contributed by atoms with Gasteiger partial charge < -0.3 is 10.6 Å². The van der Waals surface area contributed by atoms with E-state index in [1.165, 1.54) is 24.2 Å². The minimum absolute atomic E-state index is 0. The Labute approximate surface area is 112 Å². The highest BCUT2D eigenvalue weighted by Gasteiger charge is 2.26. The molecule has 1 atom stereocenters. The van der Waals surface area contributed by atoms with E-state index in [1.54, 1.807) is 0 Å². The van der Waals surface area contributed by atoms with E-state index in [9.17, 15) is 4.79 Å². The van der Waals surface area contributed by atoms with Crippen molar-refractivity contribution in [2.24, 2.45) is 5.92 Å². The number of carbonyl (C=O) groups excluding carboxylic acids is 1. The predicted octanol–water partition coefficient (Wildman–Crippen LogP) is 2.24. The van der Waals surface area contributed by atoms with Gasteiger partial charge in [-0.15, -0.1) is 23.7 Å². The van der Waals surface area contributed by atoms with Gasteiger partial charge in [0.25, 0.3) is 0 Å². The Bertz CT molecular complexity index is 379. The number of aromatic nitrogens is 1. The molecular weight excluding hydrogens is 258 g/mol. The van der Waals surface area contributed by atoms with Crippen molar-refractivity contribution < 1.29 is 4.79 Å². The second kappa shape index (κ2) is 6.33. The Balaban J connectivity index is 0.00000144. The molecule has 17 heavy (non-hydrogen) atoms. The van der Waals surface area contributed by atoms with E-state index in [4.69, 9.17) is 0 Å². The highest BCUT2D eigenvalue weighted by molar-refractivity contribution is 7.13. The number of thiazole rings is 1. The average Bonchev–Trinajstić information content (AvgIpc) is 3.01. The summed E-state index contributed by atoms with van der Waals surface area (Å²) in [7, 11) is 1.85. The van der Waals surface area contributed by atoms with E-state index >= 15 is 0 Å². The van der Waals surface area contributed by atoms with Crippen LogP contribution >= 0.6 is 23.7 Å². The number of halogens is 1. The molecule has 1 heterocycles. The highest BCUT2D eigenvalue weighted by Crippen LogP contribution is 2.40. The monoisotopic (exact) mass is 275 g/mol. The fourth-order valence-electron chi connectivity index (χ4n) is 1.54. The highest BCUT2D eigenvalue weighted by atomic mass is 35.5. The van der Waals surface area contributed by atoms with Crippen LogP contribution in [0.5, 0.6) is 0 Å². The van der Waals surface area contributed by atoms with Crippen LogP contribution in [0.2, 0.25) is 0 Å². The summed E-state index contributed by atoms with van der Waals surface area (Å²) >= 11 is 1.52. The van der Waals surface area contributed by atoms with Gasteiger partial charge in [0.2, 0.25) is 5.91 Å². The molecule has 0 bridgehead atoms. The number of nitrogens with zero attached hydrogens (tertiary/aromatic N) is 1. The molecule has 1 aromatic heterocycles. The molecule has 6 heteroatoms. The summed E-state index contributed by atoms with van der Waals surface area (Å²) in [6, 6.07) is 0. The maximum Gasteiger partial charge on any atom is 0.230 e. The largest absolute Gasteiger partial charge is 0.319 e. The average molecular weight is 276 g/mol. The Morgan fingerprint density at radius 2 is 2.35 bits per heavy atom. The van der Waals surface area contributed by atoms with Crippen molar-refractivity contribution in [1.82, 2.24) is 10.3 Å². The summed E-state index contributed by atoms with van der Waals surface area (Å²) in [5.74, 6) is 0.654. The topological polar surface area (TPSA) is 54.0 Å². The van der Waals surface area contributed by atoms with Crippen molar-refractivity contribution in [3.05, 3.63) is 11.1 Å². The zero-order valence-electron chi connectivity index (χ0n) is 10.0. The van der Waals surface area contributed by atoms with Crippen LogP contribution in [0.4, 0.5) is 5.13 Å². The second-order valence-corrected chi connectivity index (χ2v) is 5.16. The molecule has 0 radical (unpaired) electrons. The normalized spacial score (nSPS) is 16.1. The molecule has 1 aromatic rings. The van der Waals surface area contributed by atoms with Gasteiger partial charge in [-0.25, -0.2) is 4.98 Å².